The van der Waals surface area contributed by atoms with Gasteiger partial charge in [-0.05, 0) is 43.7 Å². The van der Waals surface area contributed by atoms with Crippen molar-refractivity contribution in [1.82, 2.24) is 0 Å². The summed E-state index contributed by atoms with van der Waals surface area (Å²) in [6.45, 7) is 3.37. The van der Waals surface area contributed by atoms with E-state index < -0.39 is 0 Å². The molecule has 1 saturated carbocycles. The summed E-state index contributed by atoms with van der Waals surface area (Å²) in [7, 11) is 0. The lowest BCUT2D eigenvalue weighted by Gasteiger charge is -2.34. The molecule has 1 aromatic rings. The highest BCUT2D eigenvalue weighted by Gasteiger charge is 2.36. The molecule has 3 rings (SSSR count). The number of fused-ring (bicyclic) bond motifs is 1. The van der Waals surface area contributed by atoms with Gasteiger partial charge in [0.25, 0.3) is 0 Å². The summed E-state index contributed by atoms with van der Waals surface area (Å²) in [6.07, 6.45) is 7.02. The van der Waals surface area contributed by atoms with E-state index in [9.17, 15) is 0 Å². The van der Waals surface area contributed by atoms with Gasteiger partial charge in [0.2, 0.25) is 0 Å². The lowest BCUT2D eigenvalue weighted by molar-refractivity contribution is 0.342. The Hall–Kier alpha value is -0.690. The third-order valence-electron chi connectivity index (χ3n) is 4.70. The Bertz CT molecular complexity index is 429. The van der Waals surface area contributed by atoms with Crippen molar-refractivity contribution in [2.75, 3.05) is 11.4 Å². The zero-order chi connectivity index (χ0) is 12.5. The van der Waals surface area contributed by atoms with Gasteiger partial charge < -0.3 is 4.90 Å². The number of hydrogen-bond acceptors (Lipinski definition) is 1. The second-order valence-electron chi connectivity index (χ2n) is 5.86. The average molecular weight is 264 g/mol. The Morgan fingerprint density at radius 2 is 2.06 bits per heavy atom. The fourth-order valence-corrected chi connectivity index (χ4v) is 4.02. The summed E-state index contributed by atoms with van der Waals surface area (Å²) in [5.74, 6) is 1.56. The van der Waals surface area contributed by atoms with Crippen LogP contribution in [0.4, 0.5) is 5.69 Å². The molecule has 2 fully saturated rings. The van der Waals surface area contributed by atoms with Crippen LogP contribution in [0.1, 0.15) is 43.2 Å². The van der Waals surface area contributed by atoms with E-state index in [2.05, 4.69) is 30.0 Å². The van der Waals surface area contributed by atoms with Crippen molar-refractivity contribution >= 4 is 17.3 Å². The second-order valence-corrected chi connectivity index (χ2v) is 6.13. The number of benzene rings is 1. The summed E-state index contributed by atoms with van der Waals surface area (Å²) < 4.78 is 0. The van der Waals surface area contributed by atoms with E-state index >= 15 is 0 Å². The minimum absolute atomic E-state index is 0.630. The molecule has 18 heavy (non-hydrogen) atoms. The van der Waals surface area contributed by atoms with Gasteiger partial charge in [-0.25, -0.2) is 0 Å². The molecule has 0 aromatic heterocycles. The minimum atomic E-state index is 0.630. The molecule has 1 aliphatic carbocycles. The Labute approximate surface area is 115 Å². The SMILES string of the molecule is Cc1ccc(N2CCC3CCCCC32)c(CCl)c1. The number of halogens is 1. The molecule has 1 aromatic carbocycles. The van der Waals surface area contributed by atoms with Crippen LogP contribution in [-0.4, -0.2) is 12.6 Å². The first-order valence-electron chi connectivity index (χ1n) is 7.21. The maximum atomic E-state index is 6.13. The summed E-state index contributed by atoms with van der Waals surface area (Å²) in [4.78, 5) is 2.64. The van der Waals surface area contributed by atoms with E-state index in [1.807, 2.05) is 0 Å². The van der Waals surface area contributed by atoms with E-state index in [-0.39, 0.29) is 0 Å². The Morgan fingerprint density at radius 3 is 2.89 bits per heavy atom. The molecule has 98 valence electrons. The van der Waals surface area contributed by atoms with Crippen LogP contribution in [0.25, 0.3) is 0 Å². The van der Waals surface area contributed by atoms with Crippen molar-refractivity contribution in [3.05, 3.63) is 29.3 Å². The van der Waals surface area contributed by atoms with E-state index in [4.69, 9.17) is 11.6 Å². The quantitative estimate of drug-likeness (QED) is 0.710. The standard InChI is InChI=1S/C16H22ClN/c1-12-6-7-16(14(10-12)11-17)18-9-8-13-4-2-3-5-15(13)18/h6-7,10,13,15H,2-5,8-9,11H2,1H3. The molecule has 0 radical (unpaired) electrons. The Morgan fingerprint density at radius 1 is 1.22 bits per heavy atom. The van der Waals surface area contributed by atoms with Gasteiger partial charge in [0.15, 0.2) is 0 Å². The highest BCUT2D eigenvalue weighted by Crippen LogP contribution is 2.40. The lowest BCUT2D eigenvalue weighted by atomic mass is 9.85. The second kappa shape index (κ2) is 5.13. The summed E-state index contributed by atoms with van der Waals surface area (Å²) >= 11 is 6.13. The predicted octanol–water partition coefficient (Wildman–Crippen LogP) is 4.50. The van der Waals surface area contributed by atoms with Gasteiger partial charge in [-0.2, -0.15) is 0 Å². The third-order valence-corrected chi connectivity index (χ3v) is 4.99. The molecule has 0 amide bonds. The normalized spacial score (nSPS) is 27.3. The van der Waals surface area contributed by atoms with Crippen molar-refractivity contribution in [1.29, 1.82) is 0 Å². The first-order valence-corrected chi connectivity index (χ1v) is 7.75. The van der Waals surface area contributed by atoms with Crippen LogP contribution in [0.2, 0.25) is 0 Å². The van der Waals surface area contributed by atoms with Gasteiger partial charge in [0, 0.05) is 24.2 Å². The van der Waals surface area contributed by atoms with Crippen LogP contribution >= 0.6 is 11.6 Å². The summed E-state index contributed by atoms with van der Waals surface area (Å²) in [6, 6.07) is 7.53. The van der Waals surface area contributed by atoms with Crippen LogP contribution in [-0.2, 0) is 5.88 Å². The highest BCUT2D eigenvalue weighted by molar-refractivity contribution is 6.17. The molecule has 0 bridgehead atoms. The molecule has 2 atom stereocenters. The molecule has 1 aliphatic heterocycles. The molecule has 2 unspecified atom stereocenters. The summed E-state index contributed by atoms with van der Waals surface area (Å²) in [5.41, 5.74) is 4.02. The maximum absolute atomic E-state index is 6.13. The first kappa shape index (κ1) is 12.3. The number of aryl methyl sites for hydroxylation is 1. The van der Waals surface area contributed by atoms with E-state index in [0.717, 1.165) is 12.0 Å². The fraction of sp³-hybridized carbons (Fsp3) is 0.625. The van der Waals surface area contributed by atoms with Gasteiger partial charge >= 0.3 is 0 Å². The van der Waals surface area contributed by atoms with E-state index in [0.29, 0.717) is 5.88 Å². The number of alkyl halides is 1. The van der Waals surface area contributed by atoms with Crippen LogP contribution in [0, 0.1) is 12.8 Å². The Balaban J connectivity index is 1.90. The number of anilines is 1. The Kier molecular flexibility index (Phi) is 3.52. The van der Waals surface area contributed by atoms with Gasteiger partial charge in [-0.1, -0.05) is 30.5 Å². The number of hydrogen-bond donors (Lipinski definition) is 0. The number of rotatable bonds is 2. The van der Waals surface area contributed by atoms with Crippen molar-refractivity contribution in [2.24, 2.45) is 5.92 Å². The lowest BCUT2D eigenvalue weighted by Crippen LogP contribution is -2.35. The van der Waals surface area contributed by atoms with Crippen molar-refractivity contribution in [3.8, 4) is 0 Å². The first-order chi connectivity index (χ1) is 8.79. The van der Waals surface area contributed by atoms with Gasteiger partial charge in [0.1, 0.15) is 0 Å². The summed E-state index contributed by atoms with van der Waals surface area (Å²) in [5, 5.41) is 0. The maximum Gasteiger partial charge on any atom is 0.0494 e. The van der Waals surface area contributed by atoms with Crippen LogP contribution < -0.4 is 4.90 Å². The van der Waals surface area contributed by atoms with Gasteiger partial charge in [-0.15, -0.1) is 11.6 Å². The molecule has 1 heterocycles. The monoisotopic (exact) mass is 263 g/mol. The van der Waals surface area contributed by atoms with E-state index in [1.165, 1.54) is 55.5 Å². The van der Waals surface area contributed by atoms with Crippen molar-refractivity contribution < 1.29 is 0 Å². The van der Waals surface area contributed by atoms with Crippen LogP contribution in [0.15, 0.2) is 18.2 Å². The zero-order valence-corrected chi connectivity index (χ0v) is 11.9. The zero-order valence-electron chi connectivity index (χ0n) is 11.2. The molecule has 1 nitrogen and oxygen atoms in total. The largest absolute Gasteiger partial charge is 0.368 e. The highest BCUT2D eigenvalue weighted by atomic mass is 35.5. The van der Waals surface area contributed by atoms with Gasteiger partial charge in [-0.3, -0.25) is 0 Å². The molecule has 2 heteroatoms. The molecular formula is C16H22ClN. The minimum Gasteiger partial charge on any atom is -0.368 e. The van der Waals surface area contributed by atoms with Gasteiger partial charge in [0.05, 0.1) is 0 Å². The molecule has 1 saturated heterocycles. The number of nitrogens with zero attached hydrogens (tertiary/aromatic N) is 1. The molecule has 0 N–H and O–H groups in total. The molecular weight excluding hydrogens is 242 g/mol. The van der Waals surface area contributed by atoms with E-state index in [1.54, 1.807) is 0 Å². The predicted molar refractivity (Wildman–Crippen MR) is 78.4 cm³/mol. The smallest absolute Gasteiger partial charge is 0.0494 e. The van der Waals surface area contributed by atoms with Crippen LogP contribution in [0.3, 0.4) is 0 Å². The van der Waals surface area contributed by atoms with Crippen molar-refractivity contribution in [2.45, 2.75) is 50.9 Å². The fourth-order valence-electron chi connectivity index (χ4n) is 3.81. The average Bonchev–Trinajstić information content (AvgIpc) is 2.82. The van der Waals surface area contributed by atoms with Crippen molar-refractivity contribution in [3.63, 3.8) is 0 Å². The molecule has 2 aliphatic rings. The van der Waals surface area contributed by atoms with Crippen LogP contribution in [0.5, 0.6) is 0 Å². The molecule has 0 spiro atoms. The topological polar surface area (TPSA) is 3.24 Å². The third kappa shape index (κ3) is 2.14.